The van der Waals surface area contributed by atoms with Crippen molar-refractivity contribution in [3.63, 3.8) is 0 Å². The fraction of sp³-hybridized carbons (Fsp3) is 0.360. The van der Waals surface area contributed by atoms with Crippen molar-refractivity contribution in [2.75, 3.05) is 53.4 Å². The van der Waals surface area contributed by atoms with Gasteiger partial charge in [-0.3, -0.25) is 4.79 Å². The Kier molecular flexibility index (Phi) is 6.99. The number of benzene rings is 2. The van der Waals surface area contributed by atoms with E-state index in [2.05, 4.69) is 34.2 Å². The average molecular weight is 433 g/mol. The number of rotatable bonds is 10. The topological polar surface area (TPSA) is 90.3 Å². The quantitative estimate of drug-likeness (QED) is 0.359. The summed E-state index contributed by atoms with van der Waals surface area (Å²) in [6, 6.07) is 15.9. The summed E-state index contributed by atoms with van der Waals surface area (Å²) in [5, 5.41) is 5.01. The first-order chi connectivity index (χ1) is 15.6. The van der Waals surface area contributed by atoms with Crippen molar-refractivity contribution in [2.24, 2.45) is 5.73 Å². The first-order valence-electron chi connectivity index (χ1n) is 11.2. The fourth-order valence-corrected chi connectivity index (χ4v) is 4.20. The van der Waals surface area contributed by atoms with Gasteiger partial charge in [-0.2, -0.15) is 0 Å². The van der Waals surface area contributed by atoms with Gasteiger partial charge in [-0.1, -0.05) is 36.4 Å². The second-order valence-corrected chi connectivity index (χ2v) is 8.40. The molecule has 0 aliphatic carbocycles. The number of carbonyl (C=O) groups excluding carboxylic acids is 1. The zero-order chi connectivity index (χ0) is 22.5. The molecule has 0 bridgehead atoms. The second-order valence-electron chi connectivity index (χ2n) is 8.40. The minimum absolute atomic E-state index is 0.0729. The molecule has 0 unspecified atom stereocenters. The van der Waals surface area contributed by atoms with E-state index in [1.165, 1.54) is 0 Å². The molecule has 0 saturated carbocycles. The molecule has 2 aromatic heterocycles. The number of aromatic amines is 1. The minimum Gasteiger partial charge on any atom is -0.353 e. The third kappa shape index (κ3) is 4.75. The Morgan fingerprint density at radius 2 is 1.66 bits per heavy atom. The Labute approximate surface area is 188 Å². The third-order valence-electron chi connectivity index (χ3n) is 5.93. The van der Waals surface area contributed by atoms with Crippen LogP contribution in [0.2, 0.25) is 0 Å². The molecule has 7 nitrogen and oxygen atoms in total. The van der Waals surface area contributed by atoms with Crippen molar-refractivity contribution in [2.45, 2.75) is 6.42 Å². The third-order valence-corrected chi connectivity index (χ3v) is 5.93. The normalized spacial score (nSPS) is 11.9. The maximum atomic E-state index is 13.3. The molecule has 2 aromatic carbocycles. The number of amides is 1. The summed E-state index contributed by atoms with van der Waals surface area (Å²) in [5.74, 6) is -0.0729. The van der Waals surface area contributed by atoms with Gasteiger partial charge in [0.1, 0.15) is 0 Å². The summed E-state index contributed by atoms with van der Waals surface area (Å²) in [4.78, 5) is 26.1. The van der Waals surface area contributed by atoms with Gasteiger partial charge in [0.2, 0.25) is 0 Å². The maximum Gasteiger partial charge on any atom is 0.254 e. The van der Waals surface area contributed by atoms with Gasteiger partial charge in [-0.25, -0.2) is 4.98 Å². The number of pyridine rings is 1. The smallest absolute Gasteiger partial charge is 0.254 e. The number of H-pyrrole nitrogens is 1. The van der Waals surface area contributed by atoms with E-state index in [-0.39, 0.29) is 5.91 Å². The number of nitrogens with one attached hydrogen (secondary N) is 2. The Balaban J connectivity index is 1.48. The lowest BCUT2D eigenvalue weighted by Gasteiger charge is -2.20. The molecule has 0 aliphatic rings. The summed E-state index contributed by atoms with van der Waals surface area (Å²) in [6.07, 6.45) is 1.08. The number of nitrogens with two attached hydrogens (primary N) is 1. The van der Waals surface area contributed by atoms with Gasteiger partial charge in [0.25, 0.3) is 5.91 Å². The highest BCUT2D eigenvalue weighted by Crippen LogP contribution is 2.30. The maximum absolute atomic E-state index is 13.3. The lowest BCUT2D eigenvalue weighted by molar-refractivity contribution is 0.0953. The van der Waals surface area contributed by atoms with Crippen LogP contribution >= 0.6 is 0 Å². The van der Waals surface area contributed by atoms with E-state index in [0.717, 1.165) is 65.4 Å². The van der Waals surface area contributed by atoms with Crippen LogP contribution in [0.5, 0.6) is 0 Å². The molecule has 7 heteroatoms. The Morgan fingerprint density at radius 3 is 2.44 bits per heavy atom. The molecule has 0 fully saturated rings. The average Bonchev–Trinajstić information content (AvgIpc) is 3.15. The fourth-order valence-electron chi connectivity index (χ4n) is 4.20. The van der Waals surface area contributed by atoms with E-state index in [0.29, 0.717) is 18.7 Å². The first-order valence-corrected chi connectivity index (χ1v) is 11.2. The predicted octanol–water partition coefficient (Wildman–Crippen LogP) is 2.81. The summed E-state index contributed by atoms with van der Waals surface area (Å²) < 4.78 is 0. The number of para-hydroxylation sites is 2. The van der Waals surface area contributed by atoms with Gasteiger partial charge in [0.15, 0.2) is 0 Å². The molecule has 32 heavy (non-hydrogen) atoms. The van der Waals surface area contributed by atoms with Crippen molar-refractivity contribution in [3.8, 4) is 0 Å². The van der Waals surface area contributed by atoms with Gasteiger partial charge in [-0.05, 0) is 45.7 Å². The van der Waals surface area contributed by atoms with Crippen molar-refractivity contribution in [1.82, 2.24) is 25.1 Å². The molecule has 0 atom stereocenters. The molecule has 1 amide bonds. The Morgan fingerprint density at radius 1 is 0.969 bits per heavy atom. The van der Waals surface area contributed by atoms with Gasteiger partial charge in [-0.15, -0.1) is 0 Å². The number of hydrogen-bond donors (Lipinski definition) is 3. The van der Waals surface area contributed by atoms with Crippen molar-refractivity contribution in [1.29, 1.82) is 0 Å². The highest BCUT2D eigenvalue weighted by atomic mass is 16.1. The van der Waals surface area contributed by atoms with Crippen molar-refractivity contribution in [3.05, 3.63) is 54.1 Å². The van der Waals surface area contributed by atoms with E-state index in [4.69, 9.17) is 10.7 Å². The van der Waals surface area contributed by atoms with E-state index >= 15 is 0 Å². The number of fused-ring (bicyclic) bond motifs is 4. The Hall–Kier alpha value is -3.00. The highest BCUT2D eigenvalue weighted by molar-refractivity contribution is 6.20. The summed E-state index contributed by atoms with van der Waals surface area (Å²) in [7, 11) is 4.18. The van der Waals surface area contributed by atoms with Crippen LogP contribution in [0, 0.1) is 0 Å². The van der Waals surface area contributed by atoms with Crippen LogP contribution in [-0.4, -0.2) is 79.0 Å². The van der Waals surface area contributed by atoms with Crippen molar-refractivity contribution < 1.29 is 4.79 Å². The van der Waals surface area contributed by atoms with Gasteiger partial charge in [0, 0.05) is 42.5 Å². The van der Waals surface area contributed by atoms with E-state index in [9.17, 15) is 4.79 Å². The van der Waals surface area contributed by atoms with Crippen LogP contribution < -0.4 is 11.1 Å². The monoisotopic (exact) mass is 432 g/mol. The van der Waals surface area contributed by atoms with Crippen LogP contribution in [-0.2, 0) is 0 Å². The summed E-state index contributed by atoms with van der Waals surface area (Å²) in [5.41, 5.74) is 9.69. The zero-order valence-electron chi connectivity index (χ0n) is 18.9. The van der Waals surface area contributed by atoms with Crippen LogP contribution in [0.3, 0.4) is 0 Å². The number of carbonyl (C=O) groups is 1. The largest absolute Gasteiger partial charge is 0.353 e. The molecule has 4 aromatic rings. The number of nitrogens with zero attached hydrogens (tertiary/aromatic N) is 3. The van der Waals surface area contributed by atoms with E-state index in [1.54, 1.807) is 0 Å². The van der Waals surface area contributed by atoms with Gasteiger partial charge in [0.05, 0.1) is 22.1 Å². The molecule has 2 heterocycles. The molecular weight excluding hydrogens is 400 g/mol. The predicted molar refractivity (Wildman–Crippen MR) is 132 cm³/mol. The molecule has 0 radical (unpaired) electrons. The van der Waals surface area contributed by atoms with Crippen molar-refractivity contribution >= 4 is 38.7 Å². The Bertz CT molecular complexity index is 1220. The van der Waals surface area contributed by atoms with E-state index in [1.807, 2.05) is 48.5 Å². The van der Waals surface area contributed by atoms with Crippen LogP contribution in [0.25, 0.3) is 32.8 Å². The molecule has 0 spiro atoms. The molecule has 0 saturated heterocycles. The van der Waals surface area contributed by atoms with Crippen LogP contribution in [0.15, 0.2) is 48.5 Å². The number of hydrogen-bond acceptors (Lipinski definition) is 5. The van der Waals surface area contributed by atoms with E-state index < -0.39 is 0 Å². The van der Waals surface area contributed by atoms with Gasteiger partial charge >= 0.3 is 0 Å². The lowest BCUT2D eigenvalue weighted by Crippen LogP contribution is -2.35. The minimum atomic E-state index is -0.0729. The lowest BCUT2D eigenvalue weighted by atomic mass is 10.1. The summed E-state index contributed by atoms with van der Waals surface area (Å²) >= 11 is 0. The highest BCUT2D eigenvalue weighted by Gasteiger charge is 2.19. The molecule has 4 N–H and O–H groups in total. The second kappa shape index (κ2) is 10.1. The molecular formula is C25H32N6O. The zero-order valence-corrected chi connectivity index (χ0v) is 18.9. The first kappa shape index (κ1) is 22.2. The number of likely N-dealkylation sites (N-methyl/N-ethyl adjacent to an activating group) is 2. The summed E-state index contributed by atoms with van der Waals surface area (Å²) in [6.45, 7) is 5.00. The molecule has 168 valence electrons. The number of aromatic nitrogens is 2. The molecule has 0 aliphatic heterocycles. The van der Waals surface area contributed by atoms with Gasteiger partial charge < -0.3 is 25.8 Å². The standard InChI is InChI=1S/C25H32N6O/c1-30(16-12-26)14-7-15-31(2)17-13-27-25(32)22-18-8-3-5-10-20(18)28-23-19-9-4-6-11-21(19)29-24(22)23/h3-6,8-11,29H,7,12-17,26H2,1-2H3,(H,27,32). The molecule has 4 rings (SSSR count). The van der Waals surface area contributed by atoms with Crippen LogP contribution in [0.1, 0.15) is 16.8 Å². The van der Waals surface area contributed by atoms with Crippen LogP contribution in [0.4, 0.5) is 0 Å². The SMILES string of the molecule is CN(CCN)CCCN(C)CCNC(=O)c1c2ccccc2nc2c1[nH]c1ccccc12.